The van der Waals surface area contributed by atoms with Gasteiger partial charge in [-0.15, -0.1) is 11.3 Å². The number of aromatic nitrogens is 1. The molecule has 0 aliphatic carbocycles. The summed E-state index contributed by atoms with van der Waals surface area (Å²) in [6, 6.07) is 0.0225. The van der Waals surface area contributed by atoms with Crippen LogP contribution in [0.2, 0.25) is 0 Å². The van der Waals surface area contributed by atoms with Gasteiger partial charge >= 0.3 is 0 Å². The maximum atomic E-state index is 12.0. The molecule has 1 amide bonds. The highest BCUT2D eigenvalue weighted by atomic mass is 32.1. The van der Waals surface area contributed by atoms with Gasteiger partial charge in [0.05, 0.1) is 10.7 Å². The summed E-state index contributed by atoms with van der Waals surface area (Å²) in [5.74, 6) is 0.274. The van der Waals surface area contributed by atoms with Crippen molar-refractivity contribution in [1.29, 1.82) is 0 Å². The minimum atomic E-state index is -0.0627. The third-order valence-corrected chi connectivity index (χ3v) is 3.56. The van der Waals surface area contributed by atoms with Gasteiger partial charge in [0.2, 0.25) is 0 Å². The van der Waals surface area contributed by atoms with Crippen molar-refractivity contribution in [3.05, 3.63) is 15.6 Å². The van der Waals surface area contributed by atoms with Gasteiger partial charge in [-0.2, -0.15) is 0 Å². The normalized spacial score (nSPS) is 12.9. The molecule has 16 heavy (non-hydrogen) atoms. The van der Waals surface area contributed by atoms with Crippen LogP contribution >= 0.6 is 11.3 Å². The van der Waals surface area contributed by atoms with Crippen LogP contribution in [-0.2, 0) is 0 Å². The average Bonchev–Trinajstić information content (AvgIpc) is 2.53. The summed E-state index contributed by atoms with van der Waals surface area (Å²) >= 11 is 1.42. The predicted octanol–water partition coefficient (Wildman–Crippen LogP) is 1.47. The fourth-order valence-electron chi connectivity index (χ4n) is 1.47. The Morgan fingerprint density at radius 3 is 2.50 bits per heavy atom. The third-order valence-electron chi connectivity index (χ3n) is 2.48. The third kappa shape index (κ3) is 3.02. The van der Waals surface area contributed by atoms with E-state index >= 15 is 0 Å². The van der Waals surface area contributed by atoms with Gasteiger partial charge in [0.1, 0.15) is 4.88 Å². The number of rotatable bonds is 4. The number of nitrogens with zero attached hydrogens (tertiary/aromatic N) is 1. The first-order valence-corrected chi connectivity index (χ1v) is 6.22. The van der Waals surface area contributed by atoms with Crippen LogP contribution in [0.25, 0.3) is 0 Å². The lowest BCUT2D eigenvalue weighted by Crippen LogP contribution is -2.43. The molecule has 0 spiro atoms. The zero-order valence-electron chi connectivity index (χ0n) is 10.2. The summed E-state index contributed by atoms with van der Waals surface area (Å²) in [5.41, 5.74) is 6.41. The van der Waals surface area contributed by atoms with E-state index < -0.39 is 0 Å². The van der Waals surface area contributed by atoms with E-state index in [9.17, 15) is 4.79 Å². The lowest BCUT2D eigenvalue weighted by molar-refractivity contribution is 0.0931. The highest BCUT2D eigenvalue weighted by molar-refractivity contribution is 7.13. The Labute approximate surface area is 100 Å². The standard InChI is InChI=1S/C11H19N3OS/c1-6(2)9(5-12)14-11(15)10-7(3)13-8(4)16-10/h6,9H,5,12H2,1-4H3,(H,14,15). The van der Waals surface area contributed by atoms with Crippen molar-refractivity contribution in [3.8, 4) is 0 Å². The second-order valence-corrected chi connectivity index (χ2v) is 5.41. The van der Waals surface area contributed by atoms with Crippen LogP contribution in [0, 0.1) is 19.8 Å². The molecule has 1 rings (SSSR count). The molecule has 1 aromatic rings. The molecule has 1 unspecified atom stereocenters. The van der Waals surface area contributed by atoms with Crippen LogP contribution in [0.15, 0.2) is 0 Å². The average molecular weight is 241 g/mol. The van der Waals surface area contributed by atoms with Gasteiger partial charge in [-0.3, -0.25) is 4.79 Å². The van der Waals surface area contributed by atoms with E-state index in [4.69, 9.17) is 5.73 Å². The molecule has 0 fully saturated rings. The largest absolute Gasteiger partial charge is 0.347 e. The van der Waals surface area contributed by atoms with Gasteiger partial charge < -0.3 is 11.1 Å². The van der Waals surface area contributed by atoms with E-state index in [1.54, 1.807) is 0 Å². The predicted molar refractivity (Wildman–Crippen MR) is 66.7 cm³/mol. The highest BCUT2D eigenvalue weighted by Gasteiger charge is 2.19. The fourth-order valence-corrected chi connectivity index (χ4v) is 2.30. The zero-order valence-corrected chi connectivity index (χ0v) is 11.0. The summed E-state index contributed by atoms with van der Waals surface area (Å²) in [7, 11) is 0. The van der Waals surface area contributed by atoms with Crippen molar-refractivity contribution in [2.24, 2.45) is 11.7 Å². The Morgan fingerprint density at radius 1 is 1.50 bits per heavy atom. The molecule has 4 nitrogen and oxygen atoms in total. The minimum absolute atomic E-state index is 0.0225. The Bertz CT molecular complexity index is 373. The molecule has 3 N–H and O–H groups in total. The topological polar surface area (TPSA) is 68.0 Å². The Balaban J connectivity index is 2.75. The van der Waals surface area contributed by atoms with E-state index in [1.807, 2.05) is 27.7 Å². The number of amides is 1. The smallest absolute Gasteiger partial charge is 0.263 e. The fraction of sp³-hybridized carbons (Fsp3) is 0.636. The van der Waals surface area contributed by atoms with Crippen LogP contribution in [0.3, 0.4) is 0 Å². The van der Waals surface area contributed by atoms with E-state index in [-0.39, 0.29) is 11.9 Å². The molecule has 0 aliphatic rings. The molecule has 1 heterocycles. The van der Waals surface area contributed by atoms with Crippen molar-refractivity contribution < 1.29 is 4.79 Å². The molecule has 1 atom stereocenters. The zero-order chi connectivity index (χ0) is 12.3. The lowest BCUT2D eigenvalue weighted by atomic mass is 10.0. The Morgan fingerprint density at radius 2 is 2.12 bits per heavy atom. The summed E-state index contributed by atoms with van der Waals surface area (Å²) < 4.78 is 0. The van der Waals surface area contributed by atoms with Crippen LogP contribution in [0.1, 0.15) is 34.2 Å². The van der Waals surface area contributed by atoms with Crippen LogP contribution in [0.4, 0.5) is 0 Å². The number of aryl methyl sites for hydroxylation is 2. The maximum Gasteiger partial charge on any atom is 0.263 e. The lowest BCUT2D eigenvalue weighted by Gasteiger charge is -2.20. The summed E-state index contributed by atoms with van der Waals surface area (Å²) in [5, 5.41) is 3.86. The van der Waals surface area contributed by atoms with Crippen molar-refractivity contribution >= 4 is 17.2 Å². The quantitative estimate of drug-likeness (QED) is 0.839. The minimum Gasteiger partial charge on any atom is -0.347 e. The van der Waals surface area contributed by atoms with Crippen LogP contribution in [0.5, 0.6) is 0 Å². The van der Waals surface area contributed by atoms with Crippen LogP contribution in [-0.4, -0.2) is 23.5 Å². The number of nitrogens with two attached hydrogens (primary N) is 1. The molecule has 0 radical (unpaired) electrons. The first-order valence-electron chi connectivity index (χ1n) is 5.40. The molecule has 0 aliphatic heterocycles. The summed E-state index contributed by atoms with van der Waals surface area (Å²) in [6.07, 6.45) is 0. The first-order chi connectivity index (χ1) is 7.45. The van der Waals surface area contributed by atoms with Gasteiger partial charge in [0.25, 0.3) is 5.91 Å². The molecule has 0 bridgehead atoms. The molecule has 5 heteroatoms. The summed E-state index contributed by atoms with van der Waals surface area (Å²) in [6.45, 7) is 8.30. The van der Waals surface area contributed by atoms with Crippen molar-refractivity contribution in [1.82, 2.24) is 10.3 Å². The number of hydrogen-bond acceptors (Lipinski definition) is 4. The van der Waals surface area contributed by atoms with E-state index in [0.29, 0.717) is 17.3 Å². The van der Waals surface area contributed by atoms with Crippen molar-refractivity contribution in [2.75, 3.05) is 6.54 Å². The van der Waals surface area contributed by atoms with Gasteiger partial charge in [-0.1, -0.05) is 13.8 Å². The Hall–Kier alpha value is -0.940. The number of hydrogen-bond donors (Lipinski definition) is 2. The first kappa shape index (κ1) is 13.1. The van der Waals surface area contributed by atoms with E-state index in [1.165, 1.54) is 11.3 Å². The molecule has 1 aromatic heterocycles. The van der Waals surface area contributed by atoms with Gasteiger partial charge in [-0.05, 0) is 19.8 Å². The maximum absolute atomic E-state index is 12.0. The second-order valence-electron chi connectivity index (χ2n) is 4.21. The molecule has 0 aromatic carbocycles. The van der Waals surface area contributed by atoms with E-state index in [2.05, 4.69) is 10.3 Å². The highest BCUT2D eigenvalue weighted by Crippen LogP contribution is 2.17. The molecule has 0 saturated heterocycles. The molecular weight excluding hydrogens is 222 g/mol. The van der Waals surface area contributed by atoms with Gasteiger partial charge in [-0.25, -0.2) is 4.98 Å². The number of nitrogens with one attached hydrogen (secondary N) is 1. The van der Waals surface area contributed by atoms with Gasteiger partial charge in [0, 0.05) is 12.6 Å². The van der Waals surface area contributed by atoms with Gasteiger partial charge in [0.15, 0.2) is 0 Å². The number of thiazole rings is 1. The molecular formula is C11H19N3OS. The molecule has 90 valence electrons. The number of carbonyl (C=O) groups is 1. The monoisotopic (exact) mass is 241 g/mol. The Kier molecular flexibility index (Phi) is 4.44. The van der Waals surface area contributed by atoms with Crippen molar-refractivity contribution in [2.45, 2.75) is 33.7 Å². The second kappa shape index (κ2) is 5.41. The van der Waals surface area contributed by atoms with Crippen molar-refractivity contribution in [3.63, 3.8) is 0 Å². The number of carbonyl (C=O) groups excluding carboxylic acids is 1. The molecule has 0 saturated carbocycles. The van der Waals surface area contributed by atoms with E-state index in [0.717, 1.165) is 10.7 Å². The van der Waals surface area contributed by atoms with Crippen LogP contribution < -0.4 is 11.1 Å². The summed E-state index contributed by atoms with van der Waals surface area (Å²) in [4.78, 5) is 16.9. The SMILES string of the molecule is Cc1nc(C)c(C(=O)NC(CN)C(C)C)s1.